The molecule has 86 valence electrons. The molecule has 1 unspecified atom stereocenters. The summed E-state index contributed by atoms with van der Waals surface area (Å²) >= 11 is 4.98. The number of thiocarbonyl (C=S) groups is 1. The van der Waals surface area contributed by atoms with Gasteiger partial charge in [-0.3, -0.25) is 14.9 Å². The Labute approximate surface area is 97.6 Å². The maximum Gasteiger partial charge on any atom is 0.303 e. The van der Waals surface area contributed by atoms with Crippen molar-refractivity contribution in [2.45, 2.75) is 25.8 Å². The molecule has 6 heteroatoms. The molecule has 0 aromatic rings. The molecule has 0 amide bonds. The van der Waals surface area contributed by atoms with E-state index in [1.165, 1.54) is 6.08 Å². The molecule has 5 nitrogen and oxygen atoms in total. The van der Waals surface area contributed by atoms with Crippen LogP contribution in [0.5, 0.6) is 0 Å². The highest BCUT2D eigenvalue weighted by atomic mass is 32.1. The van der Waals surface area contributed by atoms with Crippen LogP contribution >= 0.6 is 12.2 Å². The Morgan fingerprint density at radius 3 is 2.81 bits per heavy atom. The third-order valence-electron chi connectivity index (χ3n) is 2.43. The zero-order chi connectivity index (χ0) is 12.3. The molecule has 1 N–H and O–H groups in total. The summed E-state index contributed by atoms with van der Waals surface area (Å²) in [5, 5.41) is 19.2. The number of aliphatic carboxylic acids is 1. The van der Waals surface area contributed by atoms with Gasteiger partial charge in [0.15, 0.2) is 0 Å². The second-order valence-electron chi connectivity index (χ2n) is 3.50. The highest BCUT2D eigenvalue weighted by molar-refractivity contribution is 7.81. The number of nitro groups is 1. The minimum Gasteiger partial charge on any atom is -0.481 e. The first-order valence-electron chi connectivity index (χ1n) is 4.71. The summed E-state index contributed by atoms with van der Waals surface area (Å²) in [7, 11) is 0. The fourth-order valence-electron chi connectivity index (χ4n) is 1.48. The lowest BCUT2D eigenvalue weighted by molar-refractivity contribution is -0.489. The number of carboxylic acids is 1. The fraction of sp³-hybridized carbons (Fsp3) is 0.400. The summed E-state index contributed by atoms with van der Waals surface area (Å²) in [6.07, 6.45) is 3.36. The lowest BCUT2D eigenvalue weighted by Crippen LogP contribution is -2.29. The van der Waals surface area contributed by atoms with Crippen molar-refractivity contribution in [3.05, 3.63) is 33.4 Å². The molecule has 0 saturated heterocycles. The number of allylic oxidation sites excluding steroid dienone is 2. The van der Waals surface area contributed by atoms with E-state index in [0.717, 1.165) is 5.57 Å². The standard InChI is InChI=1S/C10H11NO4S/c1-6-7(3-5-9(12)13)2-4-8(10(6)16)11(14)15/h2,4,8H,3,5H2,1H3,(H,12,13). The van der Waals surface area contributed by atoms with Crippen LogP contribution in [0.1, 0.15) is 19.8 Å². The van der Waals surface area contributed by atoms with Gasteiger partial charge in [0.1, 0.15) is 0 Å². The second-order valence-corrected chi connectivity index (χ2v) is 3.94. The van der Waals surface area contributed by atoms with Crippen molar-refractivity contribution in [3.8, 4) is 0 Å². The van der Waals surface area contributed by atoms with Crippen molar-refractivity contribution in [2.75, 3.05) is 0 Å². The zero-order valence-corrected chi connectivity index (χ0v) is 9.49. The average molecular weight is 241 g/mol. The first kappa shape index (κ1) is 12.5. The largest absolute Gasteiger partial charge is 0.481 e. The van der Waals surface area contributed by atoms with Gasteiger partial charge in [0.05, 0.1) is 4.86 Å². The van der Waals surface area contributed by atoms with Crippen LogP contribution in [0.4, 0.5) is 0 Å². The first-order valence-corrected chi connectivity index (χ1v) is 5.11. The van der Waals surface area contributed by atoms with Gasteiger partial charge in [0.2, 0.25) is 0 Å². The van der Waals surface area contributed by atoms with Crippen LogP contribution in [0.3, 0.4) is 0 Å². The van der Waals surface area contributed by atoms with Crippen molar-refractivity contribution >= 4 is 23.1 Å². The maximum atomic E-state index is 10.6. The highest BCUT2D eigenvalue weighted by Crippen LogP contribution is 2.22. The number of nitrogens with zero attached hydrogens (tertiary/aromatic N) is 1. The van der Waals surface area contributed by atoms with Crippen LogP contribution in [0, 0.1) is 10.1 Å². The predicted molar refractivity (Wildman–Crippen MR) is 62.1 cm³/mol. The molecule has 0 aromatic heterocycles. The zero-order valence-electron chi connectivity index (χ0n) is 8.67. The molecule has 0 aromatic carbocycles. The normalized spacial score (nSPS) is 20.1. The fourth-order valence-corrected chi connectivity index (χ4v) is 1.77. The van der Waals surface area contributed by atoms with Gasteiger partial charge in [-0.05, 0) is 30.6 Å². The number of hydrogen-bond acceptors (Lipinski definition) is 4. The Kier molecular flexibility index (Phi) is 3.89. The van der Waals surface area contributed by atoms with Gasteiger partial charge in [-0.2, -0.15) is 0 Å². The number of carboxylic acid groups (broad SMARTS) is 1. The molecule has 0 bridgehead atoms. The van der Waals surface area contributed by atoms with E-state index in [1.54, 1.807) is 13.0 Å². The molecular weight excluding hydrogens is 230 g/mol. The molecule has 0 radical (unpaired) electrons. The highest BCUT2D eigenvalue weighted by Gasteiger charge is 2.28. The minimum absolute atomic E-state index is 0.00274. The molecule has 0 aliphatic heterocycles. The molecule has 1 rings (SSSR count). The number of hydrogen-bond donors (Lipinski definition) is 1. The van der Waals surface area contributed by atoms with Crippen molar-refractivity contribution in [2.24, 2.45) is 0 Å². The monoisotopic (exact) mass is 241 g/mol. The van der Waals surface area contributed by atoms with E-state index in [9.17, 15) is 14.9 Å². The second kappa shape index (κ2) is 4.98. The third-order valence-corrected chi connectivity index (χ3v) is 2.98. The van der Waals surface area contributed by atoms with Gasteiger partial charge >= 0.3 is 5.97 Å². The van der Waals surface area contributed by atoms with E-state index >= 15 is 0 Å². The van der Waals surface area contributed by atoms with Crippen molar-refractivity contribution < 1.29 is 14.8 Å². The number of carbonyl (C=O) groups is 1. The lowest BCUT2D eigenvalue weighted by atomic mass is 9.93. The van der Waals surface area contributed by atoms with Crippen LogP contribution in [0.25, 0.3) is 0 Å². The van der Waals surface area contributed by atoms with E-state index in [0.29, 0.717) is 12.0 Å². The third kappa shape index (κ3) is 2.73. The van der Waals surface area contributed by atoms with Crippen molar-refractivity contribution in [3.63, 3.8) is 0 Å². The average Bonchev–Trinajstić information content (AvgIpc) is 2.19. The van der Waals surface area contributed by atoms with Crippen LogP contribution in [0.15, 0.2) is 23.3 Å². The Bertz CT molecular complexity index is 411. The smallest absolute Gasteiger partial charge is 0.303 e. The van der Waals surface area contributed by atoms with Gasteiger partial charge < -0.3 is 5.11 Å². The molecular formula is C10H11NO4S. The van der Waals surface area contributed by atoms with Crippen LogP contribution in [0.2, 0.25) is 0 Å². The van der Waals surface area contributed by atoms with Crippen LogP contribution in [-0.2, 0) is 4.79 Å². The predicted octanol–water partition coefficient (Wildman–Crippen LogP) is 1.75. The summed E-state index contributed by atoms with van der Waals surface area (Å²) in [5.74, 6) is -0.893. The molecule has 0 heterocycles. The SMILES string of the molecule is CC1=C(CCC(=O)O)C=CC([N+](=O)[O-])C1=S. The van der Waals surface area contributed by atoms with Crippen LogP contribution < -0.4 is 0 Å². The van der Waals surface area contributed by atoms with Crippen molar-refractivity contribution in [1.29, 1.82) is 0 Å². The van der Waals surface area contributed by atoms with E-state index in [-0.39, 0.29) is 11.3 Å². The van der Waals surface area contributed by atoms with Crippen molar-refractivity contribution in [1.82, 2.24) is 0 Å². The summed E-state index contributed by atoms with van der Waals surface area (Å²) in [5.41, 5.74) is 1.42. The van der Waals surface area contributed by atoms with Gasteiger partial charge in [0, 0.05) is 11.3 Å². The Hall–Kier alpha value is -1.56. The van der Waals surface area contributed by atoms with E-state index < -0.39 is 16.9 Å². The Morgan fingerprint density at radius 2 is 2.31 bits per heavy atom. The maximum absolute atomic E-state index is 10.6. The van der Waals surface area contributed by atoms with E-state index in [4.69, 9.17) is 17.3 Å². The van der Waals surface area contributed by atoms with Gasteiger partial charge in [-0.1, -0.05) is 18.3 Å². The topological polar surface area (TPSA) is 80.4 Å². The van der Waals surface area contributed by atoms with E-state index in [2.05, 4.69) is 0 Å². The molecule has 1 aliphatic rings. The van der Waals surface area contributed by atoms with Gasteiger partial charge in [-0.25, -0.2) is 0 Å². The minimum atomic E-state index is -0.955. The van der Waals surface area contributed by atoms with Gasteiger partial charge in [-0.15, -0.1) is 0 Å². The molecule has 1 atom stereocenters. The molecule has 0 spiro atoms. The Balaban J connectivity index is 2.82. The first-order chi connectivity index (χ1) is 7.43. The summed E-state index contributed by atoms with van der Waals surface area (Å²) in [6.45, 7) is 1.69. The molecule has 0 fully saturated rings. The van der Waals surface area contributed by atoms with Crippen LogP contribution in [-0.4, -0.2) is 26.9 Å². The van der Waals surface area contributed by atoms with E-state index in [1.807, 2.05) is 0 Å². The van der Waals surface area contributed by atoms with Gasteiger partial charge in [0.25, 0.3) is 6.04 Å². The Morgan fingerprint density at radius 1 is 1.69 bits per heavy atom. The molecule has 1 aliphatic carbocycles. The number of rotatable bonds is 4. The molecule has 0 saturated carbocycles. The molecule has 16 heavy (non-hydrogen) atoms. The quantitative estimate of drug-likeness (QED) is 0.460. The summed E-state index contributed by atoms with van der Waals surface area (Å²) in [6, 6.07) is -0.955. The summed E-state index contributed by atoms with van der Waals surface area (Å²) < 4.78 is 0. The summed E-state index contributed by atoms with van der Waals surface area (Å²) in [4.78, 5) is 20.9. The lowest BCUT2D eigenvalue weighted by Gasteiger charge is -2.16.